The molecule has 6 heteroatoms. The molecule has 0 spiro atoms. The molecule has 1 unspecified atom stereocenters. The summed E-state index contributed by atoms with van der Waals surface area (Å²) in [5, 5.41) is 10.2. The summed E-state index contributed by atoms with van der Waals surface area (Å²) in [5.74, 6) is 0.958. The molecule has 0 radical (unpaired) electrons. The monoisotopic (exact) mass is 339 g/mol. The van der Waals surface area contributed by atoms with Crippen LogP contribution in [0.3, 0.4) is 0 Å². The first-order valence-corrected chi connectivity index (χ1v) is 8.80. The summed E-state index contributed by atoms with van der Waals surface area (Å²) in [4.78, 5) is 17.6. The van der Waals surface area contributed by atoms with Gasteiger partial charge in [-0.15, -0.1) is 0 Å². The van der Waals surface area contributed by atoms with Gasteiger partial charge >= 0.3 is 0 Å². The summed E-state index contributed by atoms with van der Waals surface area (Å²) in [6.07, 6.45) is 1.50. The van der Waals surface area contributed by atoms with E-state index in [1.807, 2.05) is 45.0 Å². The Hall–Kier alpha value is -2.63. The Balaban J connectivity index is 1.88. The number of amides is 1. The van der Waals surface area contributed by atoms with E-state index < -0.39 is 0 Å². The van der Waals surface area contributed by atoms with Crippen molar-refractivity contribution in [2.45, 2.75) is 53.1 Å². The van der Waals surface area contributed by atoms with E-state index in [2.05, 4.69) is 32.0 Å². The molecule has 2 N–H and O–H groups in total. The Morgan fingerprint density at radius 1 is 1.28 bits per heavy atom. The first-order valence-electron chi connectivity index (χ1n) is 8.80. The summed E-state index contributed by atoms with van der Waals surface area (Å²) in [6, 6.07) is 7.72. The number of nitrogens with one attached hydrogen (secondary N) is 2. The highest BCUT2D eigenvalue weighted by Crippen LogP contribution is 2.24. The molecule has 0 bridgehead atoms. The van der Waals surface area contributed by atoms with Crippen molar-refractivity contribution in [2.75, 3.05) is 0 Å². The molecular formula is C19H25N5O. The lowest BCUT2D eigenvalue weighted by Crippen LogP contribution is -2.33. The second-order valence-corrected chi connectivity index (χ2v) is 6.29. The van der Waals surface area contributed by atoms with Crippen LogP contribution >= 0.6 is 0 Å². The van der Waals surface area contributed by atoms with Crippen LogP contribution in [-0.4, -0.2) is 25.7 Å². The maximum Gasteiger partial charge on any atom is 0.243 e. The number of aryl methyl sites for hydroxylation is 3. The minimum Gasteiger partial charge on any atom is -0.350 e. The molecule has 3 aromatic rings. The molecule has 132 valence electrons. The number of aromatic amines is 1. The van der Waals surface area contributed by atoms with Crippen molar-refractivity contribution in [3.8, 4) is 0 Å². The molecule has 3 rings (SSSR count). The first kappa shape index (κ1) is 17.2. The molecule has 1 amide bonds. The Morgan fingerprint density at radius 3 is 2.68 bits per heavy atom. The van der Waals surface area contributed by atoms with Crippen LogP contribution < -0.4 is 5.32 Å². The van der Waals surface area contributed by atoms with Crippen molar-refractivity contribution in [1.29, 1.82) is 0 Å². The summed E-state index contributed by atoms with van der Waals surface area (Å²) in [5.41, 5.74) is 4.92. The van der Waals surface area contributed by atoms with Crippen LogP contribution in [0, 0.1) is 13.8 Å². The largest absolute Gasteiger partial charge is 0.350 e. The van der Waals surface area contributed by atoms with Crippen LogP contribution in [0.5, 0.6) is 0 Å². The minimum absolute atomic E-state index is 0.0142. The van der Waals surface area contributed by atoms with Gasteiger partial charge in [0.1, 0.15) is 11.9 Å². The summed E-state index contributed by atoms with van der Waals surface area (Å²) >= 11 is 0. The molecule has 6 nitrogen and oxygen atoms in total. The fourth-order valence-corrected chi connectivity index (χ4v) is 3.30. The van der Waals surface area contributed by atoms with Crippen molar-refractivity contribution in [1.82, 2.24) is 25.1 Å². The van der Waals surface area contributed by atoms with Gasteiger partial charge in [-0.05, 0) is 32.4 Å². The average molecular weight is 339 g/mol. The van der Waals surface area contributed by atoms with Crippen LogP contribution in [0.2, 0.25) is 0 Å². The zero-order valence-electron chi connectivity index (χ0n) is 15.3. The smallest absolute Gasteiger partial charge is 0.243 e. The van der Waals surface area contributed by atoms with Gasteiger partial charge in [0, 0.05) is 24.2 Å². The number of rotatable bonds is 6. The third kappa shape index (κ3) is 3.16. The van der Waals surface area contributed by atoms with Crippen molar-refractivity contribution in [3.05, 3.63) is 47.0 Å². The molecule has 2 aromatic heterocycles. The van der Waals surface area contributed by atoms with Gasteiger partial charge in [0.25, 0.3) is 0 Å². The summed E-state index contributed by atoms with van der Waals surface area (Å²) in [7, 11) is 0. The standard InChI is InChI=1S/C19H25N5O/c1-5-16(19(25)20-11-14-12(3)22-23-13(14)4)24-17-10-8-7-9-15(17)21-18(24)6-2/h7-10,16H,5-6,11H2,1-4H3,(H,20,25)(H,22,23). The number of hydrogen-bond acceptors (Lipinski definition) is 3. The number of nitrogens with zero attached hydrogens (tertiary/aromatic N) is 3. The van der Waals surface area contributed by atoms with Crippen molar-refractivity contribution in [3.63, 3.8) is 0 Å². The lowest BCUT2D eigenvalue weighted by molar-refractivity contribution is -0.124. The van der Waals surface area contributed by atoms with Gasteiger partial charge in [0.2, 0.25) is 5.91 Å². The SMILES string of the molecule is CCc1nc2ccccc2n1C(CC)C(=O)NCc1c(C)n[nH]c1C. The topological polar surface area (TPSA) is 75.6 Å². The predicted octanol–water partition coefficient (Wildman–Crippen LogP) is 3.21. The van der Waals surface area contributed by atoms with Gasteiger partial charge in [-0.2, -0.15) is 5.10 Å². The number of hydrogen-bond donors (Lipinski definition) is 2. The number of carbonyl (C=O) groups excluding carboxylic acids is 1. The number of H-pyrrole nitrogens is 1. The first-order chi connectivity index (χ1) is 12.1. The number of benzene rings is 1. The van der Waals surface area contributed by atoms with Crippen LogP contribution in [0.15, 0.2) is 24.3 Å². The zero-order chi connectivity index (χ0) is 18.0. The van der Waals surface area contributed by atoms with E-state index >= 15 is 0 Å². The average Bonchev–Trinajstić information content (AvgIpc) is 3.14. The van der Waals surface area contributed by atoms with E-state index in [-0.39, 0.29) is 11.9 Å². The van der Waals surface area contributed by atoms with Gasteiger partial charge in [-0.25, -0.2) is 4.98 Å². The number of para-hydroxylation sites is 2. The molecule has 2 heterocycles. The van der Waals surface area contributed by atoms with Crippen LogP contribution in [-0.2, 0) is 17.8 Å². The Labute approximate surface area is 147 Å². The van der Waals surface area contributed by atoms with E-state index in [9.17, 15) is 4.79 Å². The molecule has 0 aliphatic heterocycles. The molecule has 25 heavy (non-hydrogen) atoms. The molecule has 0 aliphatic carbocycles. The van der Waals surface area contributed by atoms with E-state index in [0.717, 1.165) is 40.2 Å². The van der Waals surface area contributed by atoms with Crippen LogP contribution in [0.25, 0.3) is 11.0 Å². The van der Waals surface area contributed by atoms with E-state index in [1.54, 1.807) is 0 Å². The maximum absolute atomic E-state index is 12.9. The zero-order valence-corrected chi connectivity index (χ0v) is 15.3. The number of fused-ring (bicyclic) bond motifs is 1. The van der Waals surface area contributed by atoms with E-state index in [1.165, 1.54) is 0 Å². The second-order valence-electron chi connectivity index (χ2n) is 6.29. The van der Waals surface area contributed by atoms with Crippen LogP contribution in [0.4, 0.5) is 0 Å². The molecule has 0 aliphatic rings. The summed E-state index contributed by atoms with van der Waals surface area (Å²) < 4.78 is 2.08. The van der Waals surface area contributed by atoms with Gasteiger partial charge in [0.15, 0.2) is 0 Å². The van der Waals surface area contributed by atoms with Crippen LogP contribution in [0.1, 0.15) is 49.1 Å². The highest BCUT2D eigenvalue weighted by Gasteiger charge is 2.23. The molecule has 0 saturated carbocycles. The number of carbonyl (C=O) groups is 1. The minimum atomic E-state index is -0.269. The molecule has 0 saturated heterocycles. The van der Waals surface area contributed by atoms with Gasteiger partial charge < -0.3 is 9.88 Å². The molecule has 1 atom stereocenters. The molecule has 1 aromatic carbocycles. The Morgan fingerprint density at radius 2 is 2.04 bits per heavy atom. The third-order valence-electron chi connectivity index (χ3n) is 4.71. The Bertz CT molecular complexity index is 873. The lowest BCUT2D eigenvalue weighted by Gasteiger charge is -2.20. The van der Waals surface area contributed by atoms with Gasteiger partial charge in [-0.3, -0.25) is 9.89 Å². The van der Waals surface area contributed by atoms with E-state index in [0.29, 0.717) is 13.0 Å². The lowest BCUT2D eigenvalue weighted by atomic mass is 10.1. The van der Waals surface area contributed by atoms with Crippen molar-refractivity contribution < 1.29 is 4.79 Å². The van der Waals surface area contributed by atoms with E-state index in [4.69, 9.17) is 0 Å². The maximum atomic E-state index is 12.9. The summed E-state index contributed by atoms with van der Waals surface area (Å²) in [6.45, 7) is 8.50. The highest BCUT2D eigenvalue weighted by atomic mass is 16.2. The van der Waals surface area contributed by atoms with Gasteiger partial charge in [-0.1, -0.05) is 26.0 Å². The number of imidazole rings is 1. The quantitative estimate of drug-likeness (QED) is 0.724. The fraction of sp³-hybridized carbons (Fsp3) is 0.421. The third-order valence-corrected chi connectivity index (χ3v) is 4.71. The van der Waals surface area contributed by atoms with Crippen molar-refractivity contribution in [2.24, 2.45) is 0 Å². The fourth-order valence-electron chi connectivity index (χ4n) is 3.30. The highest BCUT2D eigenvalue weighted by molar-refractivity contribution is 5.84. The van der Waals surface area contributed by atoms with Crippen molar-refractivity contribution >= 4 is 16.9 Å². The van der Waals surface area contributed by atoms with Gasteiger partial charge in [0.05, 0.1) is 16.7 Å². The Kier molecular flexibility index (Phi) is 4.88. The number of aromatic nitrogens is 4. The predicted molar refractivity (Wildman–Crippen MR) is 98.3 cm³/mol. The second kappa shape index (κ2) is 7.09. The molecular weight excluding hydrogens is 314 g/mol. The molecule has 0 fully saturated rings. The normalized spacial score (nSPS) is 12.5.